The third-order valence-electron chi connectivity index (χ3n) is 3.68. The fraction of sp³-hybridized carbons (Fsp3) is 0.625. The summed E-state index contributed by atoms with van der Waals surface area (Å²) in [7, 11) is 5.42. The second-order valence-electron chi connectivity index (χ2n) is 5.51. The highest BCUT2D eigenvalue weighted by molar-refractivity contribution is 5.79. The summed E-state index contributed by atoms with van der Waals surface area (Å²) >= 11 is 0. The van der Waals surface area contributed by atoms with Crippen LogP contribution in [0.15, 0.2) is 23.3 Å². The van der Waals surface area contributed by atoms with Crippen molar-refractivity contribution >= 4 is 5.96 Å². The largest absolute Gasteiger partial charge is 0.481 e. The van der Waals surface area contributed by atoms with Gasteiger partial charge in [0.05, 0.1) is 13.7 Å². The van der Waals surface area contributed by atoms with Crippen LogP contribution in [0, 0.1) is 5.92 Å². The standard InChI is InChI=1S/C16H26N4O2/c1-17-16(20(2)9-10-22-12-13-6-7-13)19-11-14-5-4-8-18-15(14)21-3/h4-5,8,13H,6-7,9-12H2,1-3H3,(H,17,19). The van der Waals surface area contributed by atoms with Gasteiger partial charge in [-0.2, -0.15) is 0 Å². The van der Waals surface area contributed by atoms with Gasteiger partial charge in [-0.3, -0.25) is 4.99 Å². The Morgan fingerprint density at radius 1 is 1.50 bits per heavy atom. The first-order chi connectivity index (χ1) is 10.7. The van der Waals surface area contributed by atoms with E-state index in [2.05, 4.69) is 20.2 Å². The number of likely N-dealkylation sites (N-methyl/N-ethyl adjacent to an activating group) is 1. The monoisotopic (exact) mass is 306 g/mol. The van der Waals surface area contributed by atoms with Crippen LogP contribution in [0.25, 0.3) is 0 Å². The van der Waals surface area contributed by atoms with Crippen LogP contribution in [-0.2, 0) is 11.3 Å². The Hall–Kier alpha value is -1.82. The number of pyridine rings is 1. The number of nitrogens with zero attached hydrogens (tertiary/aromatic N) is 3. The third-order valence-corrected chi connectivity index (χ3v) is 3.68. The molecule has 122 valence electrons. The molecule has 0 atom stereocenters. The molecule has 1 fully saturated rings. The van der Waals surface area contributed by atoms with E-state index in [0.29, 0.717) is 12.4 Å². The zero-order chi connectivity index (χ0) is 15.8. The highest BCUT2D eigenvalue weighted by atomic mass is 16.5. The Kier molecular flexibility index (Phi) is 6.45. The van der Waals surface area contributed by atoms with Crippen LogP contribution in [0.3, 0.4) is 0 Å². The molecule has 1 saturated carbocycles. The van der Waals surface area contributed by atoms with Gasteiger partial charge in [-0.05, 0) is 24.8 Å². The van der Waals surface area contributed by atoms with Crippen LogP contribution in [0.1, 0.15) is 18.4 Å². The fourth-order valence-electron chi connectivity index (χ4n) is 2.14. The summed E-state index contributed by atoms with van der Waals surface area (Å²) in [6.07, 6.45) is 4.37. The summed E-state index contributed by atoms with van der Waals surface area (Å²) in [4.78, 5) is 10.6. The van der Waals surface area contributed by atoms with Crippen LogP contribution in [0.5, 0.6) is 5.88 Å². The summed E-state index contributed by atoms with van der Waals surface area (Å²) in [5, 5.41) is 3.32. The maximum absolute atomic E-state index is 5.67. The molecule has 0 bridgehead atoms. The second kappa shape index (κ2) is 8.58. The highest BCUT2D eigenvalue weighted by Crippen LogP contribution is 2.28. The van der Waals surface area contributed by atoms with Crippen molar-refractivity contribution in [1.29, 1.82) is 0 Å². The molecule has 6 heteroatoms. The van der Waals surface area contributed by atoms with E-state index in [0.717, 1.165) is 37.2 Å². The Bertz CT molecular complexity index is 489. The zero-order valence-corrected chi connectivity index (χ0v) is 13.7. The normalized spacial score (nSPS) is 14.8. The number of hydrogen-bond acceptors (Lipinski definition) is 4. The number of ether oxygens (including phenoxy) is 2. The van der Waals surface area contributed by atoms with E-state index in [1.807, 2.05) is 19.2 Å². The van der Waals surface area contributed by atoms with Crippen LogP contribution in [0.4, 0.5) is 0 Å². The molecule has 1 heterocycles. The van der Waals surface area contributed by atoms with Crippen molar-refractivity contribution in [3.63, 3.8) is 0 Å². The molecule has 22 heavy (non-hydrogen) atoms. The fourth-order valence-corrected chi connectivity index (χ4v) is 2.14. The van der Waals surface area contributed by atoms with E-state index in [-0.39, 0.29) is 0 Å². The zero-order valence-electron chi connectivity index (χ0n) is 13.7. The SMILES string of the molecule is CN=C(NCc1cccnc1OC)N(C)CCOCC1CC1. The van der Waals surface area contributed by atoms with Gasteiger partial charge in [-0.15, -0.1) is 0 Å². The van der Waals surface area contributed by atoms with Gasteiger partial charge in [0.2, 0.25) is 5.88 Å². The molecule has 0 saturated heterocycles. The second-order valence-corrected chi connectivity index (χ2v) is 5.51. The van der Waals surface area contributed by atoms with E-state index < -0.39 is 0 Å². The predicted molar refractivity (Wildman–Crippen MR) is 87.2 cm³/mol. The van der Waals surface area contributed by atoms with Crippen molar-refractivity contribution in [2.45, 2.75) is 19.4 Å². The van der Waals surface area contributed by atoms with Crippen LogP contribution in [-0.4, -0.2) is 56.8 Å². The minimum atomic E-state index is 0.622. The van der Waals surface area contributed by atoms with Gasteiger partial charge >= 0.3 is 0 Å². The lowest BCUT2D eigenvalue weighted by Crippen LogP contribution is -2.40. The minimum absolute atomic E-state index is 0.622. The first-order valence-corrected chi connectivity index (χ1v) is 7.72. The third kappa shape index (κ3) is 5.18. The molecule has 0 aliphatic heterocycles. The van der Waals surface area contributed by atoms with E-state index in [1.165, 1.54) is 12.8 Å². The number of guanidine groups is 1. The topological polar surface area (TPSA) is 59.0 Å². The van der Waals surface area contributed by atoms with Crippen molar-refractivity contribution in [2.75, 3.05) is 41.0 Å². The average Bonchev–Trinajstić information content (AvgIpc) is 3.37. The molecular formula is C16H26N4O2. The lowest BCUT2D eigenvalue weighted by molar-refractivity contribution is 0.115. The molecule has 0 aromatic carbocycles. The molecule has 0 spiro atoms. The molecule has 0 radical (unpaired) electrons. The van der Waals surface area contributed by atoms with Crippen LogP contribution in [0.2, 0.25) is 0 Å². The lowest BCUT2D eigenvalue weighted by atomic mass is 10.2. The van der Waals surface area contributed by atoms with Crippen LogP contribution >= 0.6 is 0 Å². The Morgan fingerprint density at radius 3 is 3.00 bits per heavy atom. The average molecular weight is 306 g/mol. The molecule has 6 nitrogen and oxygen atoms in total. The summed E-state index contributed by atoms with van der Waals surface area (Å²) < 4.78 is 10.9. The molecule has 0 unspecified atom stereocenters. The Labute approximate surface area is 132 Å². The van der Waals surface area contributed by atoms with E-state index >= 15 is 0 Å². The van der Waals surface area contributed by atoms with E-state index in [4.69, 9.17) is 9.47 Å². The van der Waals surface area contributed by atoms with Crippen molar-refractivity contribution < 1.29 is 9.47 Å². The summed E-state index contributed by atoms with van der Waals surface area (Å²) in [5.74, 6) is 2.28. The van der Waals surface area contributed by atoms with Crippen LogP contribution < -0.4 is 10.1 Å². The minimum Gasteiger partial charge on any atom is -0.481 e. The number of aromatic nitrogens is 1. The van der Waals surface area contributed by atoms with Gasteiger partial charge in [0, 0.05) is 45.6 Å². The van der Waals surface area contributed by atoms with Gasteiger partial charge in [0.25, 0.3) is 0 Å². The van der Waals surface area contributed by atoms with Crippen molar-refractivity contribution in [2.24, 2.45) is 10.9 Å². The number of hydrogen-bond donors (Lipinski definition) is 1. The van der Waals surface area contributed by atoms with Gasteiger partial charge in [-0.25, -0.2) is 4.98 Å². The Morgan fingerprint density at radius 2 is 2.32 bits per heavy atom. The predicted octanol–water partition coefficient (Wildman–Crippen LogP) is 1.52. The molecule has 1 aromatic rings. The molecule has 1 aliphatic rings. The number of nitrogens with one attached hydrogen (secondary N) is 1. The maximum Gasteiger partial charge on any atom is 0.218 e. The molecule has 1 aliphatic carbocycles. The summed E-state index contributed by atoms with van der Waals surface area (Å²) in [6, 6.07) is 3.89. The quantitative estimate of drug-likeness (QED) is 0.448. The number of aliphatic imine (C=N–C) groups is 1. The smallest absolute Gasteiger partial charge is 0.218 e. The maximum atomic E-state index is 5.67. The number of methoxy groups -OCH3 is 1. The first-order valence-electron chi connectivity index (χ1n) is 7.72. The summed E-state index contributed by atoms with van der Waals surface area (Å²) in [6.45, 7) is 3.06. The van der Waals surface area contributed by atoms with Gasteiger partial charge < -0.3 is 19.7 Å². The Balaban J connectivity index is 1.75. The molecule has 1 N–H and O–H groups in total. The van der Waals surface area contributed by atoms with E-state index in [9.17, 15) is 0 Å². The van der Waals surface area contributed by atoms with E-state index in [1.54, 1.807) is 20.4 Å². The lowest BCUT2D eigenvalue weighted by Gasteiger charge is -2.22. The van der Waals surface area contributed by atoms with Gasteiger partial charge in [-0.1, -0.05) is 6.07 Å². The molecular weight excluding hydrogens is 280 g/mol. The highest BCUT2D eigenvalue weighted by Gasteiger charge is 2.21. The summed E-state index contributed by atoms with van der Waals surface area (Å²) in [5.41, 5.74) is 1.00. The van der Waals surface area contributed by atoms with Crippen molar-refractivity contribution in [1.82, 2.24) is 15.2 Å². The molecule has 0 amide bonds. The first kappa shape index (κ1) is 16.5. The van der Waals surface area contributed by atoms with Crippen molar-refractivity contribution in [3.8, 4) is 5.88 Å². The van der Waals surface area contributed by atoms with Crippen molar-refractivity contribution in [3.05, 3.63) is 23.9 Å². The van der Waals surface area contributed by atoms with Gasteiger partial charge in [0.15, 0.2) is 5.96 Å². The molecule has 1 aromatic heterocycles. The molecule has 2 rings (SSSR count). The number of rotatable bonds is 8. The van der Waals surface area contributed by atoms with Gasteiger partial charge in [0.1, 0.15) is 0 Å².